The van der Waals surface area contributed by atoms with Crippen molar-refractivity contribution in [3.8, 4) is 0 Å². The number of ether oxygens (including phenoxy) is 1. The minimum atomic E-state index is -0.280. The Morgan fingerprint density at radius 3 is 1.83 bits per heavy atom. The molecule has 3 unspecified atom stereocenters. The van der Waals surface area contributed by atoms with Crippen LogP contribution in [0.5, 0.6) is 0 Å². The van der Waals surface area contributed by atoms with Crippen LogP contribution in [0.15, 0.2) is 0 Å². The molecule has 1 heterocycles. The van der Waals surface area contributed by atoms with Crippen molar-refractivity contribution < 1.29 is 9.84 Å². The maximum Gasteiger partial charge on any atom is 0.110 e. The van der Waals surface area contributed by atoms with Gasteiger partial charge in [0.1, 0.15) is 6.10 Å². The Bertz CT molecular complexity index is 192. The van der Waals surface area contributed by atoms with Crippen molar-refractivity contribution in [2.24, 2.45) is 0 Å². The molecule has 1 saturated heterocycles. The minimum Gasteiger partial charge on any atom is -0.391 e. The van der Waals surface area contributed by atoms with Crippen LogP contribution in [0.2, 0.25) is 0 Å². The fourth-order valence-corrected chi connectivity index (χ4v) is 2.65. The number of hydrogen-bond donors (Lipinski definition) is 1. The number of aliphatic hydroxyl groups is 1. The summed E-state index contributed by atoms with van der Waals surface area (Å²) >= 11 is 0. The van der Waals surface area contributed by atoms with E-state index < -0.39 is 0 Å². The van der Waals surface area contributed by atoms with E-state index in [2.05, 4.69) is 6.92 Å². The summed E-state index contributed by atoms with van der Waals surface area (Å²) in [6.07, 6.45) is 15.2. The van der Waals surface area contributed by atoms with Crippen LogP contribution in [0.4, 0.5) is 0 Å². The van der Waals surface area contributed by atoms with Crippen molar-refractivity contribution in [1.82, 2.24) is 0 Å². The highest BCUT2D eigenvalue weighted by molar-refractivity contribution is 4.88. The standard InChI is InChI=1S/C16H32O2/c1-3-4-5-6-7-8-9-10-11-12-13-15-16(18-15)14(2)17/h14-17H,3-13H2,1-2H3. The van der Waals surface area contributed by atoms with Crippen LogP contribution >= 0.6 is 0 Å². The van der Waals surface area contributed by atoms with Gasteiger partial charge in [-0.3, -0.25) is 0 Å². The predicted molar refractivity (Wildman–Crippen MR) is 76.8 cm³/mol. The first kappa shape index (κ1) is 16.0. The van der Waals surface area contributed by atoms with Gasteiger partial charge >= 0.3 is 0 Å². The van der Waals surface area contributed by atoms with Crippen molar-refractivity contribution in [2.75, 3.05) is 0 Å². The minimum absolute atomic E-state index is 0.142. The largest absolute Gasteiger partial charge is 0.391 e. The first-order chi connectivity index (χ1) is 8.75. The van der Waals surface area contributed by atoms with Crippen LogP contribution in [0, 0.1) is 0 Å². The van der Waals surface area contributed by atoms with Crippen LogP contribution in [-0.2, 0) is 4.74 Å². The second kappa shape index (κ2) is 9.80. The van der Waals surface area contributed by atoms with Crippen LogP contribution < -0.4 is 0 Å². The Balaban J connectivity index is 1.72. The lowest BCUT2D eigenvalue weighted by Gasteiger charge is -2.02. The molecule has 0 aromatic rings. The van der Waals surface area contributed by atoms with E-state index in [4.69, 9.17) is 4.74 Å². The first-order valence-electron chi connectivity index (χ1n) is 8.09. The Kier molecular flexibility index (Phi) is 8.70. The van der Waals surface area contributed by atoms with E-state index >= 15 is 0 Å². The summed E-state index contributed by atoms with van der Waals surface area (Å²) in [5.41, 5.74) is 0. The third-order valence-corrected chi connectivity index (χ3v) is 3.94. The molecule has 18 heavy (non-hydrogen) atoms. The maximum absolute atomic E-state index is 9.30. The maximum atomic E-state index is 9.30. The van der Waals surface area contributed by atoms with E-state index in [0.717, 1.165) is 6.42 Å². The molecule has 0 bridgehead atoms. The van der Waals surface area contributed by atoms with Crippen molar-refractivity contribution in [3.05, 3.63) is 0 Å². The third kappa shape index (κ3) is 7.38. The highest BCUT2D eigenvalue weighted by Gasteiger charge is 2.41. The highest BCUT2D eigenvalue weighted by atomic mass is 16.6. The molecule has 2 nitrogen and oxygen atoms in total. The lowest BCUT2D eigenvalue weighted by molar-refractivity contribution is 0.152. The first-order valence-corrected chi connectivity index (χ1v) is 8.09. The van der Waals surface area contributed by atoms with Crippen molar-refractivity contribution in [1.29, 1.82) is 0 Å². The lowest BCUT2D eigenvalue weighted by Crippen LogP contribution is -2.11. The van der Waals surface area contributed by atoms with E-state index in [9.17, 15) is 5.11 Å². The second-order valence-electron chi connectivity index (χ2n) is 5.85. The Labute approximate surface area is 113 Å². The van der Waals surface area contributed by atoms with E-state index in [0.29, 0.717) is 6.10 Å². The van der Waals surface area contributed by atoms with Gasteiger partial charge in [-0.15, -0.1) is 0 Å². The van der Waals surface area contributed by atoms with E-state index in [1.807, 2.05) is 6.92 Å². The summed E-state index contributed by atoms with van der Waals surface area (Å²) in [5.74, 6) is 0. The summed E-state index contributed by atoms with van der Waals surface area (Å²) in [5, 5.41) is 9.30. The molecular weight excluding hydrogens is 224 g/mol. The van der Waals surface area contributed by atoms with Crippen molar-refractivity contribution in [2.45, 2.75) is 103 Å². The molecule has 0 aromatic heterocycles. The van der Waals surface area contributed by atoms with Crippen LogP contribution in [0.3, 0.4) is 0 Å². The normalized spacial score (nSPS) is 24.2. The number of rotatable bonds is 12. The van der Waals surface area contributed by atoms with Gasteiger partial charge < -0.3 is 9.84 Å². The molecular formula is C16H32O2. The Hall–Kier alpha value is -0.0800. The van der Waals surface area contributed by atoms with Crippen LogP contribution in [-0.4, -0.2) is 23.4 Å². The highest BCUT2D eigenvalue weighted by Crippen LogP contribution is 2.30. The molecule has 108 valence electrons. The lowest BCUT2D eigenvalue weighted by atomic mass is 10.0. The van der Waals surface area contributed by atoms with Gasteiger partial charge in [-0.2, -0.15) is 0 Å². The SMILES string of the molecule is CCCCCCCCCCCCC1OC1C(C)O. The summed E-state index contributed by atoms with van der Waals surface area (Å²) in [6, 6.07) is 0. The fourth-order valence-electron chi connectivity index (χ4n) is 2.65. The second-order valence-corrected chi connectivity index (χ2v) is 5.85. The summed E-state index contributed by atoms with van der Waals surface area (Å²) < 4.78 is 5.41. The molecule has 1 rings (SSSR count). The van der Waals surface area contributed by atoms with Gasteiger partial charge in [0.25, 0.3) is 0 Å². The molecule has 0 amide bonds. The van der Waals surface area contributed by atoms with Gasteiger partial charge in [-0.25, -0.2) is 0 Å². The van der Waals surface area contributed by atoms with Gasteiger partial charge in [0, 0.05) is 0 Å². The van der Waals surface area contributed by atoms with Crippen molar-refractivity contribution >= 4 is 0 Å². The van der Waals surface area contributed by atoms with Gasteiger partial charge in [-0.1, -0.05) is 71.1 Å². The average Bonchev–Trinajstić information content (AvgIpc) is 3.11. The summed E-state index contributed by atoms with van der Waals surface area (Å²) in [7, 11) is 0. The van der Waals surface area contributed by atoms with E-state index in [1.54, 1.807) is 0 Å². The molecule has 1 fully saturated rings. The molecule has 0 aromatic carbocycles. The van der Waals surface area contributed by atoms with Gasteiger partial charge in [0.15, 0.2) is 0 Å². The molecule has 0 aliphatic carbocycles. The third-order valence-electron chi connectivity index (χ3n) is 3.94. The smallest absolute Gasteiger partial charge is 0.110 e. The molecule has 2 heteroatoms. The Morgan fingerprint density at radius 2 is 1.39 bits per heavy atom. The molecule has 1 aliphatic rings. The van der Waals surface area contributed by atoms with Gasteiger partial charge in [0.05, 0.1) is 12.2 Å². The molecule has 3 atom stereocenters. The average molecular weight is 256 g/mol. The summed E-state index contributed by atoms with van der Waals surface area (Å²) in [6.45, 7) is 4.09. The molecule has 0 saturated carbocycles. The number of hydrogen-bond acceptors (Lipinski definition) is 2. The number of aliphatic hydroxyl groups excluding tert-OH is 1. The van der Waals surface area contributed by atoms with Crippen molar-refractivity contribution in [3.63, 3.8) is 0 Å². The van der Waals surface area contributed by atoms with Gasteiger partial charge in [-0.05, 0) is 13.3 Å². The molecule has 0 spiro atoms. The molecule has 1 N–H and O–H groups in total. The number of unbranched alkanes of at least 4 members (excludes halogenated alkanes) is 9. The summed E-state index contributed by atoms with van der Waals surface area (Å²) in [4.78, 5) is 0. The zero-order valence-corrected chi connectivity index (χ0v) is 12.4. The fraction of sp³-hybridized carbons (Fsp3) is 1.00. The quantitative estimate of drug-likeness (QED) is 0.413. The zero-order chi connectivity index (χ0) is 13.2. The predicted octanol–water partition coefficient (Wildman–Crippen LogP) is 4.45. The van der Waals surface area contributed by atoms with Gasteiger partial charge in [0.2, 0.25) is 0 Å². The monoisotopic (exact) mass is 256 g/mol. The number of epoxide rings is 1. The zero-order valence-electron chi connectivity index (χ0n) is 12.4. The van der Waals surface area contributed by atoms with E-state index in [1.165, 1.54) is 64.2 Å². The molecule has 0 radical (unpaired) electrons. The topological polar surface area (TPSA) is 32.8 Å². The van der Waals surface area contributed by atoms with Crippen LogP contribution in [0.1, 0.15) is 84.5 Å². The van der Waals surface area contributed by atoms with Crippen LogP contribution in [0.25, 0.3) is 0 Å². The van der Waals surface area contributed by atoms with E-state index in [-0.39, 0.29) is 12.2 Å². The Morgan fingerprint density at radius 1 is 0.889 bits per heavy atom. The molecule has 1 aliphatic heterocycles.